The van der Waals surface area contributed by atoms with E-state index < -0.39 is 5.60 Å². The summed E-state index contributed by atoms with van der Waals surface area (Å²) in [6.07, 6.45) is 3.59. The van der Waals surface area contributed by atoms with Crippen LogP contribution >= 0.6 is 0 Å². The van der Waals surface area contributed by atoms with Crippen LogP contribution in [-0.4, -0.2) is 45.7 Å². The van der Waals surface area contributed by atoms with E-state index in [1.807, 2.05) is 49.9 Å². The van der Waals surface area contributed by atoms with Crippen LogP contribution in [0.5, 0.6) is 0 Å². The number of carbonyl (C=O) groups excluding carboxylic acids is 1. The smallest absolute Gasteiger partial charge is 0.410 e. The summed E-state index contributed by atoms with van der Waals surface area (Å²) in [6.45, 7) is 7.81. The number of para-hydroxylation sites is 2. The third kappa shape index (κ3) is 4.66. The number of ether oxygens (including phenoxy) is 1. The molecule has 2 aromatic rings. The molecule has 0 radical (unpaired) electrons. The molecule has 1 aromatic heterocycles. The van der Waals surface area contributed by atoms with Crippen LogP contribution in [0.15, 0.2) is 30.5 Å². The van der Waals surface area contributed by atoms with Crippen molar-refractivity contribution in [2.45, 2.75) is 51.8 Å². The Balaban J connectivity index is 1.54. The van der Waals surface area contributed by atoms with Crippen LogP contribution in [0.1, 0.15) is 39.3 Å². The number of carbonyl (C=O) groups is 1. The summed E-state index contributed by atoms with van der Waals surface area (Å²) in [6, 6.07) is 8.01. The standard InChI is InChI=1S/C19H26N4O2/c1-19(2,3)25-18(24)23-10-6-7-15(23)13-20-11-14-12-21-16-8-4-5-9-17(16)22-14/h4-5,8-9,12,15,20H,6-7,10-11,13H2,1-3H3. The molecule has 3 rings (SSSR count). The van der Waals surface area contributed by atoms with Crippen LogP contribution in [0, 0.1) is 0 Å². The second kappa shape index (κ2) is 7.35. The Morgan fingerprint density at radius 3 is 2.84 bits per heavy atom. The first-order valence-corrected chi connectivity index (χ1v) is 8.83. The molecule has 1 aromatic carbocycles. The molecule has 0 bridgehead atoms. The van der Waals surface area contributed by atoms with E-state index in [1.54, 1.807) is 6.20 Å². The van der Waals surface area contributed by atoms with Crippen molar-refractivity contribution in [1.29, 1.82) is 0 Å². The zero-order valence-electron chi connectivity index (χ0n) is 15.2. The van der Waals surface area contributed by atoms with E-state index in [9.17, 15) is 4.79 Å². The number of aromatic nitrogens is 2. The van der Waals surface area contributed by atoms with Crippen molar-refractivity contribution in [3.63, 3.8) is 0 Å². The van der Waals surface area contributed by atoms with Gasteiger partial charge in [0.05, 0.1) is 22.9 Å². The molecule has 0 aliphatic carbocycles. The average molecular weight is 342 g/mol. The highest BCUT2D eigenvalue weighted by Crippen LogP contribution is 2.20. The number of nitrogens with one attached hydrogen (secondary N) is 1. The summed E-state index contributed by atoms with van der Waals surface area (Å²) in [5, 5.41) is 3.40. The van der Waals surface area contributed by atoms with Gasteiger partial charge >= 0.3 is 6.09 Å². The number of benzene rings is 1. The Kier molecular flexibility index (Phi) is 5.18. The average Bonchev–Trinajstić information content (AvgIpc) is 3.02. The maximum atomic E-state index is 12.3. The van der Waals surface area contributed by atoms with Gasteiger partial charge in [0.1, 0.15) is 5.60 Å². The monoisotopic (exact) mass is 342 g/mol. The van der Waals surface area contributed by atoms with E-state index >= 15 is 0 Å². The maximum absolute atomic E-state index is 12.3. The van der Waals surface area contributed by atoms with Gasteiger partial charge in [-0.2, -0.15) is 0 Å². The van der Waals surface area contributed by atoms with Crippen molar-refractivity contribution in [2.24, 2.45) is 0 Å². The van der Waals surface area contributed by atoms with Crippen molar-refractivity contribution >= 4 is 17.1 Å². The van der Waals surface area contributed by atoms with E-state index in [0.717, 1.165) is 42.7 Å². The second-order valence-electron chi connectivity index (χ2n) is 7.45. The maximum Gasteiger partial charge on any atom is 0.410 e. The SMILES string of the molecule is CC(C)(C)OC(=O)N1CCCC1CNCc1cnc2ccccc2n1. The third-order valence-corrected chi connectivity index (χ3v) is 4.19. The fraction of sp³-hybridized carbons (Fsp3) is 0.526. The number of rotatable bonds is 4. The van der Waals surface area contributed by atoms with E-state index in [1.165, 1.54) is 0 Å². The first kappa shape index (κ1) is 17.6. The number of nitrogens with zero attached hydrogens (tertiary/aromatic N) is 3. The minimum Gasteiger partial charge on any atom is -0.444 e. The molecule has 1 aliphatic rings. The Labute approximate surface area is 148 Å². The molecular formula is C19H26N4O2. The second-order valence-corrected chi connectivity index (χ2v) is 7.45. The quantitative estimate of drug-likeness (QED) is 0.925. The molecule has 1 saturated heterocycles. The molecule has 6 nitrogen and oxygen atoms in total. The first-order valence-electron chi connectivity index (χ1n) is 8.83. The van der Waals surface area contributed by atoms with Crippen LogP contribution in [-0.2, 0) is 11.3 Å². The fourth-order valence-electron chi connectivity index (χ4n) is 3.06. The molecule has 1 atom stereocenters. The van der Waals surface area contributed by atoms with E-state index in [-0.39, 0.29) is 12.1 Å². The van der Waals surface area contributed by atoms with Crippen molar-refractivity contribution in [3.8, 4) is 0 Å². The number of fused-ring (bicyclic) bond motifs is 1. The number of likely N-dealkylation sites (tertiary alicyclic amines) is 1. The number of hydrogen-bond donors (Lipinski definition) is 1. The first-order chi connectivity index (χ1) is 11.9. The molecule has 6 heteroatoms. The van der Waals surface area contributed by atoms with Gasteiger partial charge in [0.2, 0.25) is 0 Å². The van der Waals surface area contributed by atoms with Crippen molar-refractivity contribution in [3.05, 3.63) is 36.2 Å². The Bertz CT molecular complexity index is 742. The number of amides is 1. The van der Waals surface area contributed by atoms with Crippen LogP contribution in [0.4, 0.5) is 4.79 Å². The molecule has 134 valence electrons. The van der Waals surface area contributed by atoms with E-state index in [2.05, 4.69) is 15.3 Å². The lowest BCUT2D eigenvalue weighted by Crippen LogP contribution is -2.44. The fourth-order valence-corrected chi connectivity index (χ4v) is 3.06. The summed E-state index contributed by atoms with van der Waals surface area (Å²) in [4.78, 5) is 23.2. The molecule has 1 unspecified atom stereocenters. The molecule has 2 heterocycles. The van der Waals surface area contributed by atoms with Crippen LogP contribution in [0.25, 0.3) is 11.0 Å². The van der Waals surface area contributed by atoms with Gasteiger partial charge in [-0.1, -0.05) is 12.1 Å². The van der Waals surface area contributed by atoms with Crippen LogP contribution in [0.3, 0.4) is 0 Å². The van der Waals surface area contributed by atoms with Gasteiger partial charge in [-0.05, 0) is 45.7 Å². The van der Waals surface area contributed by atoms with Gasteiger partial charge in [-0.25, -0.2) is 9.78 Å². The lowest BCUT2D eigenvalue weighted by Gasteiger charge is -2.28. The molecule has 1 aliphatic heterocycles. The molecule has 25 heavy (non-hydrogen) atoms. The third-order valence-electron chi connectivity index (χ3n) is 4.19. The van der Waals surface area contributed by atoms with Crippen LogP contribution < -0.4 is 5.32 Å². The highest BCUT2D eigenvalue weighted by atomic mass is 16.6. The van der Waals surface area contributed by atoms with E-state index in [0.29, 0.717) is 6.54 Å². The molecule has 1 amide bonds. The van der Waals surface area contributed by atoms with E-state index in [4.69, 9.17) is 4.74 Å². The summed E-state index contributed by atoms with van der Waals surface area (Å²) < 4.78 is 5.50. The predicted molar refractivity (Wildman–Crippen MR) is 97.2 cm³/mol. The zero-order valence-corrected chi connectivity index (χ0v) is 15.2. The highest BCUT2D eigenvalue weighted by Gasteiger charge is 2.31. The van der Waals surface area contributed by atoms with Gasteiger partial charge in [0, 0.05) is 25.7 Å². The minimum atomic E-state index is -0.460. The zero-order chi connectivity index (χ0) is 17.9. The molecular weight excluding hydrogens is 316 g/mol. The highest BCUT2D eigenvalue weighted by molar-refractivity contribution is 5.73. The van der Waals surface area contributed by atoms with Crippen molar-refractivity contribution < 1.29 is 9.53 Å². The van der Waals surface area contributed by atoms with Gasteiger partial charge in [-0.3, -0.25) is 4.98 Å². The number of hydrogen-bond acceptors (Lipinski definition) is 5. The molecule has 1 fully saturated rings. The topological polar surface area (TPSA) is 67.3 Å². The largest absolute Gasteiger partial charge is 0.444 e. The predicted octanol–water partition coefficient (Wildman–Crippen LogP) is 3.12. The summed E-state index contributed by atoms with van der Waals surface area (Å²) in [7, 11) is 0. The van der Waals surface area contributed by atoms with Gasteiger partial charge in [0.25, 0.3) is 0 Å². The minimum absolute atomic E-state index is 0.170. The summed E-state index contributed by atoms with van der Waals surface area (Å²) in [5.74, 6) is 0. The Hall–Kier alpha value is -2.21. The molecule has 0 saturated carbocycles. The summed E-state index contributed by atoms with van der Waals surface area (Å²) in [5.41, 5.74) is 2.25. The normalized spacial score (nSPS) is 17.9. The molecule has 0 spiro atoms. The van der Waals surface area contributed by atoms with Gasteiger partial charge in [-0.15, -0.1) is 0 Å². The van der Waals surface area contributed by atoms with Crippen LogP contribution in [0.2, 0.25) is 0 Å². The van der Waals surface area contributed by atoms with Gasteiger partial charge in [0.15, 0.2) is 0 Å². The van der Waals surface area contributed by atoms with Crippen molar-refractivity contribution in [1.82, 2.24) is 20.2 Å². The Morgan fingerprint density at radius 2 is 2.08 bits per heavy atom. The molecule has 1 N–H and O–H groups in total. The lowest BCUT2D eigenvalue weighted by molar-refractivity contribution is 0.0226. The lowest BCUT2D eigenvalue weighted by atomic mass is 10.2. The Morgan fingerprint density at radius 1 is 1.32 bits per heavy atom. The van der Waals surface area contributed by atoms with Gasteiger partial charge < -0.3 is 15.0 Å². The van der Waals surface area contributed by atoms with Crippen molar-refractivity contribution in [2.75, 3.05) is 13.1 Å². The summed E-state index contributed by atoms with van der Waals surface area (Å²) >= 11 is 0.